The summed E-state index contributed by atoms with van der Waals surface area (Å²) >= 11 is 3.16. The second-order valence-corrected chi connectivity index (χ2v) is 7.08. The average molecular weight is 405 g/mol. The van der Waals surface area contributed by atoms with Gasteiger partial charge in [0.05, 0.1) is 11.5 Å². The fourth-order valence-corrected chi connectivity index (χ4v) is 3.90. The van der Waals surface area contributed by atoms with E-state index in [1.807, 2.05) is 0 Å². The molecular formula is C16H16BrF3N2O2. The number of rotatable bonds is 1. The van der Waals surface area contributed by atoms with Crippen molar-refractivity contribution in [3.63, 3.8) is 0 Å². The maximum atomic E-state index is 13.7. The molecule has 1 aliphatic heterocycles. The number of fused-ring (bicyclic) bond motifs is 1. The minimum atomic E-state index is -5.00. The van der Waals surface area contributed by atoms with Crippen LogP contribution in [0.2, 0.25) is 0 Å². The third-order valence-corrected chi connectivity index (χ3v) is 5.42. The highest BCUT2D eigenvalue weighted by Crippen LogP contribution is 2.49. The second-order valence-electron chi connectivity index (χ2n) is 6.23. The molecule has 0 spiro atoms. The summed E-state index contributed by atoms with van der Waals surface area (Å²) in [5.41, 5.74) is -3.03. The lowest BCUT2D eigenvalue weighted by Crippen LogP contribution is -2.61. The highest BCUT2D eigenvalue weighted by atomic mass is 79.9. The maximum Gasteiger partial charge on any atom is 0.439 e. The number of alkyl halides is 3. The van der Waals surface area contributed by atoms with Gasteiger partial charge in [0.15, 0.2) is 0 Å². The van der Waals surface area contributed by atoms with Gasteiger partial charge in [0.1, 0.15) is 0 Å². The topological polar surface area (TPSA) is 52.9 Å². The van der Waals surface area contributed by atoms with Gasteiger partial charge < -0.3 is 5.11 Å². The summed E-state index contributed by atoms with van der Waals surface area (Å²) in [6, 6.07) is 6.14. The Bertz CT molecular complexity index is 707. The minimum Gasteiger partial charge on any atom is -0.362 e. The molecule has 1 amide bonds. The van der Waals surface area contributed by atoms with Crippen molar-refractivity contribution >= 4 is 27.5 Å². The quantitative estimate of drug-likeness (QED) is 0.770. The first kappa shape index (κ1) is 17.4. The standard InChI is InChI=1S/C16H16BrF3N2O2/c1-9-5-4-7-11-13(9)21-22(15(11,24)16(18,19)20)14(23)10-6-2-3-8-12(10)17/h2-3,6,8-9,11,24H,4-5,7H2,1H3/t9-,11-,15+/m1/s1. The Hall–Kier alpha value is -1.41. The number of nitrogens with zero attached hydrogens (tertiary/aromatic N) is 2. The van der Waals surface area contributed by atoms with Crippen LogP contribution in [0.4, 0.5) is 13.2 Å². The lowest BCUT2D eigenvalue weighted by atomic mass is 9.75. The van der Waals surface area contributed by atoms with Crippen LogP contribution >= 0.6 is 15.9 Å². The van der Waals surface area contributed by atoms with E-state index < -0.39 is 23.7 Å². The third kappa shape index (κ3) is 2.47. The number of hydrogen-bond acceptors (Lipinski definition) is 3. The summed E-state index contributed by atoms with van der Waals surface area (Å²) in [7, 11) is 0. The van der Waals surface area contributed by atoms with E-state index in [1.165, 1.54) is 6.07 Å². The molecule has 0 unspecified atom stereocenters. The van der Waals surface area contributed by atoms with E-state index in [0.29, 0.717) is 17.3 Å². The predicted molar refractivity (Wildman–Crippen MR) is 85.3 cm³/mol. The molecule has 1 aromatic rings. The molecule has 3 atom stereocenters. The number of hydrazone groups is 1. The normalized spacial score (nSPS) is 30.1. The van der Waals surface area contributed by atoms with Crippen LogP contribution in [-0.2, 0) is 0 Å². The van der Waals surface area contributed by atoms with E-state index in [0.717, 1.165) is 0 Å². The number of carbonyl (C=O) groups is 1. The smallest absolute Gasteiger partial charge is 0.362 e. The largest absolute Gasteiger partial charge is 0.439 e. The van der Waals surface area contributed by atoms with Crippen LogP contribution in [0.15, 0.2) is 33.8 Å². The number of hydrogen-bond donors (Lipinski definition) is 1. The van der Waals surface area contributed by atoms with Gasteiger partial charge in [0, 0.05) is 10.2 Å². The molecule has 8 heteroatoms. The van der Waals surface area contributed by atoms with Crippen molar-refractivity contribution in [2.24, 2.45) is 16.9 Å². The molecule has 1 aromatic carbocycles. The first-order valence-electron chi connectivity index (χ1n) is 7.64. The summed E-state index contributed by atoms with van der Waals surface area (Å²) in [5.74, 6) is -2.39. The first-order chi connectivity index (χ1) is 11.2. The molecule has 2 aliphatic rings. The number of aliphatic hydroxyl groups is 1. The molecule has 1 fully saturated rings. The Morgan fingerprint density at radius 3 is 2.67 bits per heavy atom. The summed E-state index contributed by atoms with van der Waals surface area (Å²) in [6.45, 7) is 1.77. The van der Waals surface area contributed by atoms with E-state index >= 15 is 0 Å². The minimum absolute atomic E-state index is 0.0239. The molecule has 1 saturated carbocycles. The van der Waals surface area contributed by atoms with E-state index in [2.05, 4.69) is 21.0 Å². The number of carbonyl (C=O) groups excluding carboxylic acids is 1. The fraction of sp³-hybridized carbons (Fsp3) is 0.500. The van der Waals surface area contributed by atoms with Gasteiger partial charge in [-0.2, -0.15) is 23.3 Å². The highest BCUT2D eigenvalue weighted by molar-refractivity contribution is 9.10. The Labute approximate surface area is 145 Å². The Kier molecular flexibility index (Phi) is 4.24. The van der Waals surface area contributed by atoms with Crippen molar-refractivity contribution in [3.8, 4) is 0 Å². The molecule has 130 valence electrons. The van der Waals surface area contributed by atoms with E-state index in [1.54, 1.807) is 25.1 Å². The van der Waals surface area contributed by atoms with Crippen molar-refractivity contribution in [1.82, 2.24) is 5.01 Å². The number of halogens is 4. The Morgan fingerprint density at radius 1 is 1.38 bits per heavy atom. The van der Waals surface area contributed by atoms with Gasteiger partial charge in [0.25, 0.3) is 11.6 Å². The van der Waals surface area contributed by atoms with Gasteiger partial charge in [-0.25, -0.2) is 0 Å². The molecular weight excluding hydrogens is 389 g/mol. The van der Waals surface area contributed by atoms with E-state index in [-0.39, 0.29) is 28.6 Å². The monoisotopic (exact) mass is 404 g/mol. The van der Waals surface area contributed by atoms with Gasteiger partial charge in [-0.3, -0.25) is 4.79 Å². The molecule has 1 N–H and O–H groups in total. The molecule has 0 saturated heterocycles. The van der Waals surface area contributed by atoms with Crippen LogP contribution < -0.4 is 0 Å². The summed E-state index contributed by atoms with van der Waals surface area (Å²) < 4.78 is 41.6. The second kappa shape index (κ2) is 5.84. The number of amides is 1. The Balaban J connectivity index is 2.10. The van der Waals surface area contributed by atoms with E-state index in [9.17, 15) is 23.1 Å². The number of benzene rings is 1. The van der Waals surface area contributed by atoms with E-state index in [4.69, 9.17) is 0 Å². The van der Waals surface area contributed by atoms with Crippen molar-refractivity contribution in [1.29, 1.82) is 0 Å². The average Bonchev–Trinajstić information content (AvgIpc) is 2.83. The summed E-state index contributed by atoms with van der Waals surface area (Å²) in [5, 5.41) is 14.7. The van der Waals surface area contributed by atoms with Crippen molar-refractivity contribution < 1.29 is 23.1 Å². The summed E-state index contributed by atoms with van der Waals surface area (Å²) in [6.07, 6.45) is -3.60. The summed E-state index contributed by atoms with van der Waals surface area (Å²) in [4.78, 5) is 12.7. The van der Waals surface area contributed by atoms with Crippen LogP contribution in [0, 0.1) is 11.8 Å². The molecule has 1 aliphatic carbocycles. The van der Waals surface area contributed by atoms with Gasteiger partial charge >= 0.3 is 6.18 Å². The van der Waals surface area contributed by atoms with Crippen LogP contribution in [0.5, 0.6) is 0 Å². The van der Waals surface area contributed by atoms with Gasteiger partial charge in [-0.05, 0) is 46.8 Å². The fourth-order valence-electron chi connectivity index (χ4n) is 3.45. The highest BCUT2D eigenvalue weighted by Gasteiger charge is 2.69. The molecule has 0 radical (unpaired) electrons. The third-order valence-electron chi connectivity index (χ3n) is 4.73. The molecule has 3 rings (SSSR count). The molecule has 0 bridgehead atoms. The molecule has 24 heavy (non-hydrogen) atoms. The lowest BCUT2D eigenvalue weighted by Gasteiger charge is -2.39. The predicted octanol–water partition coefficient (Wildman–Crippen LogP) is 3.95. The van der Waals surface area contributed by atoms with Crippen molar-refractivity contribution in [2.75, 3.05) is 0 Å². The van der Waals surface area contributed by atoms with Gasteiger partial charge in [-0.15, -0.1) is 0 Å². The molecule has 4 nitrogen and oxygen atoms in total. The van der Waals surface area contributed by atoms with Crippen molar-refractivity contribution in [2.45, 2.75) is 38.1 Å². The van der Waals surface area contributed by atoms with Crippen LogP contribution in [0.25, 0.3) is 0 Å². The molecule has 0 aromatic heterocycles. The first-order valence-corrected chi connectivity index (χ1v) is 8.43. The zero-order valence-corrected chi connectivity index (χ0v) is 14.4. The van der Waals surface area contributed by atoms with Crippen molar-refractivity contribution in [3.05, 3.63) is 34.3 Å². The van der Waals surface area contributed by atoms with Gasteiger partial charge in [-0.1, -0.05) is 25.5 Å². The maximum absolute atomic E-state index is 13.7. The zero-order valence-electron chi connectivity index (χ0n) is 12.8. The van der Waals surface area contributed by atoms with Crippen LogP contribution in [0.1, 0.15) is 36.5 Å². The molecule has 1 heterocycles. The Morgan fingerprint density at radius 2 is 2.04 bits per heavy atom. The van der Waals surface area contributed by atoms with Gasteiger partial charge in [0.2, 0.25) is 0 Å². The van der Waals surface area contributed by atoms with Crippen LogP contribution in [-0.4, -0.2) is 33.6 Å². The SMILES string of the molecule is C[C@@H]1CCC[C@@H]2C1=NN(C(=O)c1ccccc1Br)[C@@]2(O)C(F)(F)F. The van der Waals surface area contributed by atoms with Crippen LogP contribution in [0.3, 0.4) is 0 Å². The zero-order chi connectivity index (χ0) is 17.7. The lowest BCUT2D eigenvalue weighted by molar-refractivity contribution is -0.312.